The van der Waals surface area contributed by atoms with E-state index in [1.54, 1.807) is 26.0 Å². The lowest BCUT2D eigenvalue weighted by Gasteiger charge is -2.26. The fourth-order valence-corrected chi connectivity index (χ4v) is 5.46. The van der Waals surface area contributed by atoms with E-state index in [1.807, 2.05) is 6.92 Å². The summed E-state index contributed by atoms with van der Waals surface area (Å²) in [6.45, 7) is 3.68. The molecule has 26 heavy (non-hydrogen) atoms. The molecule has 1 heterocycles. The van der Waals surface area contributed by atoms with Crippen LogP contribution in [-0.2, 0) is 14.8 Å². The number of benzene rings is 1. The van der Waals surface area contributed by atoms with Crippen molar-refractivity contribution in [1.82, 2.24) is 9.62 Å². The molecule has 146 valence electrons. The van der Waals surface area contributed by atoms with Gasteiger partial charge in [0.1, 0.15) is 6.04 Å². The zero-order valence-corrected chi connectivity index (χ0v) is 16.0. The first kappa shape index (κ1) is 20.7. The van der Waals surface area contributed by atoms with E-state index in [-0.39, 0.29) is 11.4 Å². The van der Waals surface area contributed by atoms with Gasteiger partial charge >= 0.3 is 0 Å². The van der Waals surface area contributed by atoms with Crippen molar-refractivity contribution >= 4 is 15.9 Å². The van der Waals surface area contributed by atoms with Crippen molar-refractivity contribution in [2.75, 3.05) is 19.6 Å². The van der Waals surface area contributed by atoms with Crippen LogP contribution in [0.5, 0.6) is 0 Å². The Hall–Kier alpha value is -1.58. The molecular weight excluding hydrogens is 364 g/mol. The fraction of sp³-hybridized carbons (Fsp3) is 0.588. The Labute approximate surface area is 152 Å². The monoisotopic (exact) mass is 389 g/mol. The average Bonchev–Trinajstić information content (AvgIpc) is 3.02. The van der Waals surface area contributed by atoms with E-state index < -0.39 is 41.0 Å². The van der Waals surface area contributed by atoms with Crippen molar-refractivity contribution in [3.8, 4) is 0 Å². The Morgan fingerprint density at radius 2 is 1.88 bits per heavy atom. The van der Waals surface area contributed by atoms with Crippen molar-refractivity contribution in [3.63, 3.8) is 0 Å². The van der Waals surface area contributed by atoms with Crippen LogP contribution in [0.2, 0.25) is 0 Å². The number of carbonyl (C=O) groups is 1. The maximum Gasteiger partial charge on any atom is 0.277 e. The molecule has 3 N–H and O–H groups in total. The Morgan fingerprint density at radius 1 is 1.31 bits per heavy atom. The standard InChI is InChI=1S/C17H25F2N3O3S/c1-11-7-12(2)15(13(3)8-11)26(24,25)22-6-4-5-14(22)16(23)21-10-17(18,19)9-20/h7-8,14H,4-6,9-10,20H2,1-3H3,(H,21,23). The van der Waals surface area contributed by atoms with Gasteiger partial charge in [-0.2, -0.15) is 4.31 Å². The predicted octanol–water partition coefficient (Wildman–Crippen LogP) is 1.48. The number of sulfonamides is 1. The SMILES string of the molecule is Cc1cc(C)c(S(=O)(=O)N2CCCC2C(=O)NCC(F)(F)CN)c(C)c1. The van der Waals surface area contributed by atoms with Gasteiger partial charge in [0.05, 0.1) is 18.0 Å². The van der Waals surface area contributed by atoms with Crippen LogP contribution in [0, 0.1) is 20.8 Å². The van der Waals surface area contributed by atoms with Gasteiger partial charge in [0.2, 0.25) is 15.9 Å². The van der Waals surface area contributed by atoms with Gasteiger partial charge in [0.15, 0.2) is 0 Å². The molecule has 0 radical (unpaired) electrons. The van der Waals surface area contributed by atoms with Gasteiger partial charge in [-0.05, 0) is 44.7 Å². The van der Waals surface area contributed by atoms with Crippen LogP contribution in [0.3, 0.4) is 0 Å². The highest BCUT2D eigenvalue weighted by Gasteiger charge is 2.41. The summed E-state index contributed by atoms with van der Waals surface area (Å²) in [4.78, 5) is 12.5. The summed E-state index contributed by atoms with van der Waals surface area (Å²) in [6, 6.07) is 2.55. The van der Waals surface area contributed by atoms with E-state index in [9.17, 15) is 22.0 Å². The second kappa shape index (κ2) is 7.58. The molecule has 0 aromatic heterocycles. The Morgan fingerprint density at radius 3 is 2.42 bits per heavy atom. The Kier molecular flexibility index (Phi) is 6.04. The van der Waals surface area contributed by atoms with E-state index in [0.717, 1.165) is 9.87 Å². The van der Waals surface area contributed by atoms with Crippen molar-refractivity contribution in [2.24, 2.45) is 5.73 Å². The van der Waals surface area contributed by atoms with Gasteiger partial charge < -0.3 is 11.1 Å². The lowest BCUT2D eigenvalue weighted by Crippen LogP contribution is -2.49. The van der Waals surface area contributed by atoms with Crippen LogP contribution >= 0.6 is 0 Å². The summed E-state index contributed by atoms with van der Waals surface area (Å²) in [5, 5.41) is 2.13. The summed E-state index contributed by atoms with van der Waals surface area (Å²) >= 11 is 0. The highest BCUT2D eigenvalue weighted by Crippen LogP contribution is 2.30. The topological polar surface area (TPSA) is 92.5 Å². The maximum atomic E-state index is 13.3. The Balaban J connectivity index is 2.28. The van der Waals surface area contributed by atoms with E-state index >= 15 is 0 Å². The number of hydrogen-bond donors (Lipinski definition) is 2. The molecular formula is C17H25F2N3O3S. The second-order valence-corrected chi connectivity index (χ2v) is 8.61. The number of carbonyl (C=O) groups excluding carboxylic acids is 1. The van der Waals surface area contributed by atoms with Gasteiger partial charge in [0.25, 0.3) is 5.92 Å². The molecule has 1 aromatic rings. The van der Waals surface area contributed by atoms with Gasteiger partial charge in [-0.25, -0.2) is 17.2 Å². The third-order valence-corrected chi connectivity index (χ3v) is 6.71. The second-order valence-electron chi connectivity index (χ2n) is 6.78. The molecule has 1 amide bonds. The molecule has 1 aliphatic heterocycles. The first-order valence-corrected chi connectivity index (χ1v) is 9.89. The summed E-state index contributed by atoms with van der Waals surface area (Å²) in [5.41, 5.74) is 7.10. The molecule has 0 saturated carbocycles. The number of amides is 1. The number of alkyl halides is 2. The molecule has 1 saturated heterocycles. The molecule has 1 fully saturated rings. The number of halogens is 2. The van der Waals surface area contributed by atoms with Crippen LogP contribution in [0.4, 0.5) is 8.78 Å². The number of nitrogens with zero attached hydrogens (tertiary/aromatic N) is 1. The highest BCUT2D eigenvalue weighted by molar-refractivity contribution is 7.89. The van der Waals surface area contributed by atoms with Gasteiger partial charge in [-0.1, -0.05) is 17.7 Å². The molecule has 2 rings (SSSR count). The number of aryl methyl sites for hydroxylation is 3. The molecule has 0 aliphatic carbocycles. The molecule has 1 aromatic carbocycles. The lowest BCUT2D eigenvalue weighted by atomic mass is 10.1. The zero-order chi connectivity index (χ0) is 19.7. The Bertz CT molecular complexity index is 773. The lowest BCUT2D eigenvalue weighted by molar-refractivity contribution is -0.126. The van der Waals surface area contributed by atoms with Gasteiger partial charge in [-0.3, -0.25) is 4.79 Å². The molecule has 0 bridgehead atoms. The third-order valence-electron chi connectivity index (χ3n) is 4.50. The minimum Gasteiger partial charge on any atom is -0.349 e. The number of hydrogen-bond acceptors (Lipinski definition) is 4. The summed E-state index contributed by atoms with van der Waals surface area (Å²) in [7, 11) is -3.91. The molecule has 0 spiro atoms. The number of nitrogens with two attached hydrogens (primary N) is 1. The van der Waals surface area contributed by atoms with Crippen LogP contribution in [0.25, 0.3) is 0 Å². The minimum absolute atomic E-state index is 0.176. The zero-order valence-electron chi connectivity index (χ0n) is 15.2. The molecule has 1 unspecified atom stereocenters. The van der Waals surface area contributed by atoms with Crippen molar-refractivity contribution in [2.45, 2.75) is 50.5 Å². The summed E-state index contributed by atoms with van der Waals surface area (Å²) in [5.74, 6) is -3.94. The normalized spacial score (nSPS) is 18.9. The average molecular weight is 389 g/mol. The van der Waals surface area contributed by atoms with Crippen molar-refractivity contribution < 1.29 is 22.0 Å². The molecule has 1 aliphatic rings. The minimum atomic E-state index is -3.91. The van der Waals surface area contributed by atoms with Crippen LogP contribution in [-0.4, -0.2) is 50.2 Å². The summed E-state index contributed by atoms with van der Waals surface area (Å²) in [6.07, 6.45) is 0.789. The van der Waals surface area contributed by atoms with E-state index in [2.05, 4.69) is 5.32 Å². The van der Waals surface area contributed by atoms with Gasteiger partial charge in [-0.15, -0.1) is 0 Å². The largest absolute Gasteiger partial charge is 0.349 e. The smallest absolute Gasteiger partial charge is 0.277 e. The third kappa shape index (κ3) is 4.21. The van der Waals surface area contributed by atoms with Crippen molar-refractivity contribution in [3.05, 3.63) is 28.8 Å². The van der Waals surface area contributed by atoms with Crippen LogP contribution in [0.15, 0.2) is 17.0 Å². The van der Waals surface area contributed by atoms with E-state index in [1.165, 1.54) is 0 Å². The van der Waals surface area contributed by atoms with E-state index in [0.29, 0.717) is 24.0 Å². The predicted molar refractivity (Wildman–Crippen MR) is 94.6 cm³/mol. The molecule has 1 atom stereocenters. The summed E-state index contributed by atoms with van der Waals surface area (Å²) < 4.78 is 53.9. The van der Waals surface area contributed by atoms with Crippen molar-refractivity contribution in [1.29, 1.82) is 0 Å². The van der Waals surface area contributed by atoms with E-state index in [4.69, 9.17) is 5.73 Å². The number of rotatable bonds is 6. The molecule has 6 nitrogen and oxygen atoms in total. The molecule has 9 heteroatoms. The number of nitrogens with one attached hydrogen (secondary N) is 1. The van der Waals surface area contributed by atoms with Gasteiger partial charge in [0, 0.05) is 6.54 Å². The fourth-order valence-electron chi connectivity index (χ4n) is 3.39. The highest BCUT2D eigenvalue weighted by atomic mass is 32.2. The van der Waals surface area contributed by atoms with Crippen LogP contribution < -0.4 is 11.1 Å². The quantitative estimate of drug-likeness (QED) is 0.771. The van der Waals surface area contributed by atoms with Crippen LogP contribution in [0.1, 0.15) is 29.5 Å². The first-order valence-electron chi connectivity index (χ1n) is 8.45. The first-order chi connectivity index (χ1) is 12.0. The maximum absolute atomic E-state index is 13.3.